The first kappa shape index (κ1) is 24.7. The zero-order valence-electron chi connectivity index (χ0n) is 19.7. The summed E-state index contributed by atoms with van der Waals surface area (Å²) in [4.78, 5) is 21.4. The molecule has 2 aromatic carbocycles. The van der Waals surface area contributed by atoms with Crippen molar-refractivity contribution in [3.05, 3.63) is 82.3 Å². The average Bonchev–Trinajstić information content (AvgIpc) is 3.17. The molecule has 4 rings (SSSR count). The second-order valence-electron chi connectivity index (χ2n) is 8.25. The first-order valence-corrected chi connectivity index (χ1v) is 13.0. The summed E-state index contributed by atoms with van der Waals surface area (Å²) < 4.78 is 28.7. The quantitative estimate of drug-likeness (QED) is 0.356. The monoisotopic (exact) mass is 511 g/mol. The zero-order chi connectivity index (χ0) is 25.2. The van der Waals surface area contributed by atoms with Crippen LogP contribution in [0.5, 0.6) is 0 Å². The summed E-state index contributed by atoms with van der Waals surface area (Å²) in [6, 6.07) is 15.3. The second kappa shape index (κ2) is 10.1. The van der Waals surface area contributed by atoms with Crippen LogP contribution in [0.25, 0.3) is 16.9 Å². The van der Waals surface area contributed by atoms with Crippen LogP contribution in [0.2, 0.25) is 5.15 Å². The largest absolute Gasteiger partial charge is 0.337 e. The predicted molar refractivity (Wildman–Crippen MR) is 137 cm³/mol. The average molecular weight is 512 g/mol. The molecule has 0 bridgehead atoms. The molecule has 0 aliphatic heterocycles. The standard InChI is InChI=1S/C25H26ClN5O3S/c1-4-22-28-21-15-17(3)23(26)29-24(21)31(22)19-9-7-18(8-10-19)13-14-27-25(32)30-35(33,34)20-11-5-16(2)6-12-20/h5-12,15H,4,13-14H2,1-3H3,(H2,27,30,32). The van der Waals surface area contributed by atoms with Crippen molar-refractivity contribution in [3.8, 4) is 5.69 Å². The zero-order valence-corrected chi connectivity index (χ0v) is 21.2. The number of hydrogen-bond donors (Lipinski definition) is 2. The number of amides is 2. The Morgan fingerprint density at radius 3 is 2.37 bits per heavy atom. The number of pyridine rings is 1. The molecule has 2 heterocycles. The molecule has 0 spiro atoms. The minimum Gasteiger partial charge on any atom is -0.337 e. The number of fused-ring (bicyclic) bond motifs is 1. The number of carbonyl (C=O) groups is 1. The smallest absolute Gasteiger partial charge is 0.328 e. The van der Waals surface area contributed by atoms with Gasteiger partial charge in [0.15, 0.2) is 5.65 Å². The van der Waals surface area contributed by atoms with Gasteiger partial charge in [0.2, 0.25) is 0 Å². The first-order valence-electron chi connectivity index (χ1n) is 11.2. The highest BCUT2D eigenvalue weighted by molar-refractivity contribution is 7.90. The molecule has 4 aromatic rings. The highest BCUT2D eigenvalue weighted by Gasteiger charge is 2.17. The van der Waals surface area contributed by atoms with Gasteiger partial charge < -0.3 is 5.32 Å². The van der Waals surface area contributed by atoms with Gasteiger partial charge >= 0.3 is 6.03 Å². The fourth-order valence-electron chi connectivity index (χ4n) is 3.70. The predicted octanol–water partition coefficient (Wildman–Crippen LogP) is 4.48. The van der Waals surface area contributed by atoms with Gasteiger partial charge in [0.25, 0.3) is 10.0 Å². The lowest BCUT2D eigenvalue weighted by molar-refractivity contribution is 0.246. The highest BCUT2D eigenvalue weighted by Crippen LogP contribution is 2.25. The maximum absolute atomic E-state index is 12.3. The number of rotatable bonds is 7. The van der Waals surface area contributed by atoms with E-state index in [1.807, 2.05) is 60.4 Å². The van der Waals surface area contributed by atoms with Crippen LogP contribution in [0, 0.1) is 13.8 Å². The van der Waals surface area contributed by atoms with Gasteiger partial charge in [0, 0.05) is 18.7 Å². The van der Waals surface area contributed by atoms with Crippen LogP contribution in [0.1, 0.15) is 29.4 Å². The van der Waals surface area contributed by atoms with Gasteiger partial charge in [-0.05, 0) is 61.7 Å². The van der Waals surface area contributed by atoms with E-state index in [4.69, 9.17) is 16.6 Å². The summed E-state index contributed by atoms with van der Waals surface area (Å²) in [5.74, 6) is 0.884. The van der Waals surface area contributed by atoms with Crippen molar-refractivity contribution in [3.63, 3.8) is 0 Å². The molecule has 0 atom stereocenters. The van der Waals surface area contributed by atoms with Gasteiger partial charge in [-0.1, -0.05) is 48.4 Å². The van der Waals surface area contributed by atoms with Crippen molar-refractivity contribution in [1.82, 2.24) is 24.6 Å². The van der Waals surface area contributed by atoms with E-state index in [-0.39, 0.29) is 11.4 Å². The van der Waals surface area contributed by atoms with Crippen molar-refractivity contribution < 1.29 is 13.2 Å². The van der Waals surface area contributed by atoms with Crippen molar-refractivity contribution in [2.45, 2.75) is 38.5 Å². The van der Waals surface area contributed by atoms with E-state index in [1.165, 1.54) is 12.1 Å². The third kappa shape index (κ3) is 5.47. The summed E-state index contributed by atoms with van der Waals surface area (Å²) in [5, 5.41) is 3.05. The van der Waals surface area contributed by atoms with E-state index in [0.717, 1.165) is 40.1 Å². The molecule has 0 radical (unpaired) electrons. The van der Waals surface area contributed by atoms with Crippen molar-refractivity contribution in [2.75, 3.05) is 6.54 Å². The van der Waals surface area contributed by atoms with Crippen LogP contribution in [0.4, 0.5) is 4.79 Å². The number of urea groups is 1. The van der Waals surface area contributed by atoms with Gasteiger partial charge in [-0.15, -0.1) is 0 Å². The number of benzene rings is 2. The Kier molecular flexibility index (Phi) is 7.09. The van der Waals surface area contributed by atoms with Gasteiger partial charge in [0.1, 0.15) is 16.5 Å². The lowest BCUT2D eigenvalue weighted by atomic mass is 10.1. The number of nitrogens with one attached hydrogen (secondary N) is 2. The van der Waals surface area contributed by atoms with E-state index in [9.17, 15) is 13.2 Å². The Bertz CT molecular complexity index is 1480. The number of nitrogens with zero attached hydrogens (tertiary/aromatic N) is 3. The Morgan fingerprint density at radius 1 is 1.03 bits per heavy atom. The maximum atomic E-state index is 12.3. The minimum atomic E-state index is -3.92. The highest BCUT2D eigenvalue weighted by atomic mass is 35.5. The van der Waals surface area contributed by atoms with Gasteiger partial charge in [-0.2, -0.15) is 0 Å². The molecular formula is C25H26ClN5O3S. The van der Waals surface area contributed by atoms with Crippen LogP contribution in [-0.4, -0.2) is 35.5 Å². The molecule has 0 unspecified atom stereocenters. The molecule has 10 heteroatoms. The van der Waals surface area contributed by atoms with Gasteiger partial charge in [-0.25, -0.2) is 27.9 Å². The fraction of sp³-hybridized carbons (Fsp3) is 0.240. The lowest BCUT2D eigenvalue weighted by Gasteiger charge is -2.11. The normalized spacial score (nSPS) is 11.5. The van der Waals surface area contributed by atoms with E-state index < -0.39 is 16.1 Å². The van der Waals surface area contributed by atoms with E-state index >= 15 is 0 Å². The molecule has 0 aliphatic rings. The summed E-state index contributed by atoms with van der Waals surface area (Å²) in [5.41, 5.74) is 5.21. The molecule has 0 fully saturated rings. The fourth-order valence-corrected chi connectivity index (χ4v) is 4.76. The van der Waals surface area contributed by atoms with Crippen LogP contribution in [0.15, 0.2) is 59.5 Å². The second-order valence-corrected chi connectivity index (χ2v) is 10.3. The van der Waals surface area contributed by atoms with Crippen LogP contribution in [0.3, 0.4) is 0 Å². The van der Waals surface area contributed by atoms with Gasteiger partial charge in [-0.3, -0.25) is 4.57 Å². The molecule has 182 valence electrons. The molecule has 0 saturated heterocycles. The first-order chi connectivity index (χ1) is 16.7. The molecule has 0 saturated carbocycles. The number of carbonyl (C=O) groups excluding carboxylic acids is 1. The topological polar surface area (TPSA) is 106 Å². The molecular weight excluding hydrogens is 486 g/mol. The molecule has 8 nitrogen and oxygen atoms in total. The number of halogens is 1. The van der Waals surface area contributed by atoms with E-state index in [1.54, 1.807) is 12.1 Å². The number of hydrogen-bond acceptors (Lipinski definition) is 5. The third-order valence-corrected chi connectivity index (χ3v) is 7.33. The van der Waals surface area contributed by atoms with Crippen molar-refractivity contribution in [1.29, 1.82) is 0 Å². The number of aromatic nitrogens is 3. The molecule has 2 amide bonds. The molecule has 2 aromatic heterocycles. The number of imidazole rings is 1. The SMILES string of the molecule is CCc1nc2cc(C)c(Cl)nc2n1-c1ccc(CCNC(=O)NS(=O)(=O)c2ccc(C)cc2)cc1. The van der Waals surface area contributed by atoms with Crippen LogP contribution in [-0.2, 0) is 22.9 Å². The lowest BCUT2D eigenvalue weighted by Crippen LogP contribution is -2.40. The molecule has 35 heavy (non-hydrogen) atoms. The maximum Gasteiger partial charge on any atom is 0.328 e. The van der Waals surface area contributed by atoms with Crippen molar-refractivity contribution >= 4 is 38.8 Å². The Hall–Kier alpha value is -3.43. The summed E-state index contributed by atoms with van der Waals surface area (Å²) >= 11 is 6.26. The van der Waals surface area contributed by atoms with Crippen LogP contribution < -0.4 is 10.0 Å². The summed E-state index contributed by atoms with van der Waals surface area (Å²) in [7, 11) is -3.92. The van der Waals surface area contributed by atoms with E-state index in [0.29, 0.717) is 17.2 Å². The van der Waals surface area contributed by atoms with E-state index in [2.05, 4.69) is 10.3 Å². The molecule has 0 aliphatic carbocycles. The summed E-state index contributed by atoms with van der Waals surface area (Å²) in [6.45, 7) is 6.08. The van der Waals surface area contributed by atoms with Gasteiger partial charge in [0.05, 0.1) is 4.90 Å². The minimum absolute atomic E-state index is 0.0400. The number of aryl methyl sites for hydroxylation is 3. The third-order valence-electron chi connectivity index (χ3n) is 5.60. The van der Waals surface area contributed by atoms with Crippen molar-refractivity contribution in [2.24, 2.45) is 0 Å². The summed E-state index contributed by atoms with van der Waals surface area (Å²) in [6.07, 6.45) is 1.27. The molecule has 2 N–H and O–H groups in total. The van der Waals surface area contributed by atoms with Crippen LogP contribution >= 0.6 is 11.6 Å². The Balaban J connectivity index is 1.40. The Labute approximate surface area is 209 Å². The number of sulfonamides is 1. The Morgan fingerprint density at radius 2 is 1.71 bits per heavy atom.